The van der Waals surface area contributed by atoms with Gasteiger partial charge >= 0.3 is 22.6 Å². The van der Waals surface area contributed by atoms with Crippen LogP contribution in [0.2, 0.25) is 0 Å². The number of nitrogens with one attached hydrogen (secondary N) is 2. The van der Waals surface area contributed by atoms with E-state index < -0.39 is 74.4 Å². The van der Waals surface area contributed by atoms with Crippen molar-refractivity contribution < 1.29 is 49.2 Å². The van der Waals surface area contributed by atoms with Gasteiger partial charge in [-0.25, -0.2) is 18.6 Å². The Kier molecular flexibility index (Phi) is 8.83. The standard InChI is InChI=1S/C23H28F5N3O6S/c1-20(2,3)37-19(32)29-12-22(33,23(26,27)28)16-11-15(21(4,5)31-38(34,35)36-6)17(25)18(30-16)13-7-9-14(24)10-8-13/h7-11,31,33H,12H2,1-6H3,(H,29,32). The van der Waals surface area contributed by atoms with Crippen LogP contribution in [0.4, 0.5) is 26.7 Å². The third-order valence-corrected chi connectivity index (χ3v) is 6.33. The first-order chi connectivity index (χ1) is 17.1. The highest BCUT2D eigenvalue weighted by molar-refractivity contribution is 7.84. The quantitative estimate of drug-likeness (QED) is 0.410. The molecule has 0 aliphatic heterocycles. The summed E-state index contributed by atoms with van der Waals surface area (Å²) in [5, 5.41) is 12.7. The summed E-state index contributed by atoms with van der Waals surface area (Å²) >= 11 is 0. The predicted molar refractivity (Wildman–Crippen MR) is 126 cm³/mol. The molecule has 0 saturated carbocycles. The number of pyridine rings is 1. The Labute approximate surface area is 216 Å². The number of benzene rings is 1. The van der Waals surface area contributed by atoms with Crippen molar-refractivity contribution in [1.29, 1.82) is 0 Å². The van der Waals surface area contributed by atoms with E-state index in [-0.39, 0.29) is 5.56 Å². The molecule has 0 bridgehead atoms. The van der Waals surface area contributed by atoms with Crippen molar-refractivity contribution in [3.8, 4) is 11.3 Å². The lowest BCUT2D eigenvalue weighted by atomic mass is 9.89. The molecule has 0 aliphatic rings. The molecule has 0 fully saturated rings. The SMILES string of the molecule is COS(=O)(=O)NC(C)(C)c1cc(C(O)(CNC(=O)OC(C)(C)C)C(F)(F)F)nc(-c2ccc(F)cc2)c1F. The molecule has 1 unspecified atom stereocenters. The summed E-state index contributed by atoms with van der Waals surface area (Å²) in [5.74, 6) is -1.99. The number of hydrogen-bond acceptors (Lipinski definition) is 7. The summed E-state index contributed by atoms with van der Waals surface area (Å²) < 4.78 is 107. The van der Waals surface area contributed by atoms with Gasteiger partial charge in [0.05, 0.1) is 24.9 Å². The van der Waals surface area contributed by atoms with E-state index in [1.165, 1.54) is 20.8 Å². The maximum absolute atomic E-state index is 15.7. The normalized spacial score (nSPS) is 14.6. The Hall–Kier alpha value is -2.88. The number of carbonyl (C=O) groups is 1. The summed E-state index contributed by atoms with van der Waals surface area (Å²) in [4.78, 5) is 15.7. The predicted octanol–water partition coefficient (Wildman–Crippen LogP) is 4.02. The average Bonchev–Trinajstić information content (AvgIpc) is 2.75. The van der Waals surface area contributed by atoms with Crippen LogP contribution in [0.15, 0.2) is 30.3 Å². The lowest BCUT2D eigenvalue weighted by molar-refractivity contribution is -0.265. The molecule has 1 atom stereocenters. The molecule has 9 nitrogen and oxygen atoms in total. The molecule has 2 aromatic rings. The molecule has 1 amide bonds. The second-order valence-corrected chi connectivity index (χ2v) is 11.2. The Morgan fingerprint density at radius 2 is 1.61 bits per heavy atom. The molecule has 0 aliphatic carbocycles. The first-order valence-electron chi connectivity index (χ1n) is 10.9. The van der Waals surface area contributed by atoms with Gasteiger partial charge in [-0.2, -0.15) is 26.3 Å². The van der Waals surface area contributed by atoms with Crippen LogP contribution in [0.3, 0.4) is 0 Å². The number of rotatable bonds is 8. The van der Waals surface area contributed by atoms with Crippen molar-refractivity contribution in [2.75, 3.05) is 13.7 Å². The largest absolute Gasteiger partial charge is 0.444 e. The number of amides is 1. The number of nitrogens with zero attached hydrogens (tertiary/aromatic N) is 1. The van der Waals surface area contributed by atoms with Crippen LogP contribution in [0.5, 0.6) is 0 Å². The molecule has 1 aromatic heterocycles. The molecular formula is C23H28F5N3O6S. The van der Waals surface area contributed by atoms with Crippen LogP contribution >= 0.6 is 0 Å². The zero-order valence-corrected chi connectivity index (χ0v) is 22.1. The molecule has 212 valence electrons. The number of aromatic nitrogens is 1. The first-order valence-corrected chi connectivity index (χ1v) is 12.4. The summed E-state index contributed by atoms with van der Waals surface area (Å²) in [5.41, 5.74) is -9.68. The Morgan fingerprint density at radius 3 is 2.08 bits per heavy atom. The molecule has 0 spiro atoms. The van der Waals surface area contributed by atoms with Gasteiger partial charge in [0.2, 0.25) is 5.60 Å². The zero-order valence-electron chi connectivity index (χ0n) is 21.3. The number of alkyl carbamates (subject to hydrolysis) is 1. The smallest absolute Gasteiger partial charge is 0.424 e. The fourth-order valence-electron chi connectivity index (χ4n) is 3.25. The molecule has 3 N–H and O–H groups in total. The number of hydrogen-bond donors (Lipinski definition) is 3. The van der Waals surface area contributed by atoms with E-state index in [1.54, 1.807) is 0 Å². The maximum atomic E-state index is 15.7. The van der Waals surface area contributed by atoms with E-state index in [0.29, 0.717) is 6.07 Å². The van der Waals surface area contributed by atoms with E-state index in [4.69, 9.17) is 4.74 Å². The van der Waals surface area contributed by atoms with Crippen LogP contribution in [-0.2, 0) is 30.4 Å². The summed E-state index contributed by atoms with van der Waals surface area (Å²) in [6.07, 6.45) is -6.75. The highest BCUT2D eigenvalue weighted by Crippen LogP contribution is 2.41. The van der Waals surface area contributed by atoms with Crippen LogP contribution in [0.1, 0.15) is 45.9 Å². The zero-order chi connectivity index (χ0) is 29.3. The van der Waals surface area contributed by atoms with Gasteiger partial charge in [0.25, 0.3) is 0 Å². The van der Waals surface area contributed by atoms with Gasteiger partial charge in [-0.05, 0) is 65.0 Å². The second-order valence-electron chi connectivity index (χ2n) is 9.79. The number of carbonyl (C=O) groups excluding carboxylic acids is 1. The van der Waals surface area contributed by atoms with Crippen molar-refractivity contribution in [2.24, 2.45) is 0 Å². The fraction of sp³-hybridized carbons (Fsp3) is 0.478. The van der Waals surface area contributed by atoms with Crippen LogP contribution < -0.4 is 10.0 Å². The number of alkyl halides is 3. The van der Waals surface area contributed by atoms with Gasteiger partial charge in [0.15, 0.2) is 5.82 Å². The van der Waals surface area contributed by atoms with E-state index in [2.05, 4.69) is 9.17 Å². The van der Waals surface area contributed by atoms with Crippen LogP contribution in [0, 0.1) is 11.6 Å². The highest BCUT2D eigenvalue weighted by atomic mass is 32.2. The van der Waals surface area contributed by atoms with Crippen molar-refractivity contribution in [3.63, 3.8) is 0 Å². The third-order valence-electron chi connectivity index (χ3n) is 5.13. The molecule has 1 heterocycles. The van der Waals surface area contributed by atoms with Crippen molar-refractivity contribution >= 4 is 16.4 Å². The maximum Gasteiger partial charge on any atom is 0.424 e. The molecule has 1 aromatic carbocycles. The molecule has 38 heavy (non-hydrogen) atoms. The summed E-state index contributed by atoms with van der Waals surface area (Å²) in [6, 6.07) is 4.40. The highest BCUT2D eigenvalue weighted by Gasteiger charge is 2.57. The van der Waals surface area contributed by atoms with Crippen LogP contribution in [-0.4, -0.2) is 50.0 Å². The number of aliphatic hydroxyl groups is 1. The van der Waals surface area contributed by atoms with Crippen molar-refractivity contribution in [2.45, 2.75) is 57.5 Å². The van der Waals surface area contributed by atoms with Gasteiger partial charge in [-0.15, -0.1) is 0 Å². The van der Waals surface area contributed by atoms with Gasteiger partial charge in [0, 0.05) is 11.1 Å². The van der Waals surface area contributed by atoms with E-state index in [0.717, 1.165) is 45.2 Å². The molecular weight excluding hydrogens is 541 g/mol. The summed E-state index contributed by atoms with van der Waals surface area (Å²) in [7, 11) is -3.68. The van der Waals surface area contributed by atoms with E-state index in [9.17, 15) is 35.9 Å². The average molecular weight is 570 g/mol. The van der Waals surface area contributed by atoms with Gasteiger partial charge in [-0.1, -0.05) is 0 Å². The molecule has 15 heteroatoms. The monoisotopic (exact) mass is 569 g/mol. The minimum absolute atomic E-state index is 0.179. The Morgan fingerprint density at radius 1 is 1.05 bits per heavy atom. The van der Waals surface area contributed by atoms with Crippen molar-refractivity contribution in [1.82, 2.24) is 15.0 Å². The molecule has 0 saturated heterocycles. The fourth-order valence-corrected chi connectivity index (χ4v) is 4.07. The van der Waals surface area contributed by atoms with Crippen molar-refractivity contribution in [3.05, 3.63) is 53.2 Å². The topological polar surface area (TPSA) is 127 Å². The van der Waals surface area contributed by atoms with Gasteiger partial charge < -0.3 is 15.2 Å². The van der Waals surface area contributed by atoms with Crippen LogP contribution in [0.25, 0.3) is 11.3 Å². The number of ether oxygens (including phenoxy) is 1. The summed E-state index contributed by atoms with van der Waals surface area (Å²) in [6.45, 7) is 5.17. The third kappa shape index (κ3) is 7.36. The minimum Gasteiger partial charge on any atom is -0.444 e. The second kappa shape index (κ2) is 10.7. The van der Waals surface area contributed by atoms with E-state index >= 15 is 4.39 Å². The minimum atomic E-state index is -5.47. The number of halogens is 5. The van der Waals surface area contributed by atoms with E-state index in [1.807, 2.05) is 10.0 Å². The molecule has 0 radical (unpaired) electrons. The first kappa shape index (κ1) is 31.3. The van der Waals surface area contributed by atoms with Gasteiger partial charge in [0.1, 0.15) is 17.1 Å². The Balaban J connectivity index is 2.79. The van der Waals surface area contributed by atoms with Gasteiger partial charge in [-0.3, -0.25) is 4.18 Å². The molecule has 2 rings (SSSR count). The lowest BCUT2D eigenvalue weighted by Gasteiger charge is -2.33. The lowest BCUT2D eigenvalue weighted by Crippen LogP contribution is -2.52. The Bertz CT molecular complexity index is 1280.